The monoisotopic (exact) mass is 295 g/mol. The number of methoxy groups -OCH3 is 1. The Kier molecular flexibility index (Phi) is 3.89. The third kappa shape index (κ3) is 2.46. The van der Waals surface area contributed by atoms with E-state index in [2.05, 4.69) is 10.3 Å². The predicted molar refractivity (Wildman–Crippen MR) is 84.0 cm³/mol. The van der Waals surface area contributed by atoms with Crippen molar-refractivity contribution in [3.63, 3.8) is 0 Å². The maximum Gasteiger partial charge on any atom is 0.119 e. The van der Waals surface area contributed by atoms with E-state index in [0.717, 1.165) is 28.3 Å². The summed E-state index contributed by atoms with van der Waals surface area (Å²) in [7, 11) is 1.63. The second-order valence-corrected chi connectivity index (χ2v) is 4.97. The second-order valence-electron chi connectivity index (χ2n) is 4.97. The number of para-hydroxylation sites is 1. The van der Waals surface area contributed by atoms with Crippen LogP contribution in [-0.4, -0.2) is 27.2 Å². The van der Waals surface area contributed by atoms with Gasteiger partial charge in [-0.2, -0.15) is 0 Å². The van der Waals surface area contributed by atoms with Gasteiger partial charge in [-0.15, -0.1) is 5.10 Å². The van der Waals surface area contributed by atoms with Crippen LogP contribution in [0.4, 0.5) is 0 Å². The minimum absolute atomic E-state index is 0.168. The fraction of sp³-hybridized carbons (Fsp3) is 0.176. The maximum atomic E-state index is 9.59. The molecule has 0 saturated carbocycles. The quantitative estimate of drug-likeness (QED) is 0.804. The van der Waals surface area contributed by atoms with Crippen LogP contribution in [0.1, 0.15) is 11.3 Å². The van der Waals surface area contributed by atoms with Gasteiger partial charge in [0.1, 0.15) is 17.1 Å². The average molecular weight is 295 g/mol. The molecule has 3 rings (SSSR count). The van der Waals surface area contributed by atoms with Crippen molar-refractivity contribution in [1.29, 1.82) is 0 Å². The first-order chi connectivity index (χ1) is 10.7. The van der Waals surface area contributed by atoms with Crippen molar-refractivity contribution < 1.29 is 9.84 Å². The fourth-order valence-electron chi connectivity index (χ4n) is 2.45. The van der Waals surface area contributed by atoms with Gasteiger partial charge >= 0.3 is 0 Å². The Labute approximate surface area is 128 Å². The normalized spacial score (nSPS) is 10.7. The van der Waals surface area contributed by atoms with Crippen LogP contribution in [0.15, 0.2) is 48.5 Å². The molecule has 3 aromatic rings. The van der Waals surface area contributed by atoms with Gasteiger partial charge in [0.05, 0.1) is 19.4 Å². The third-order valence-corrected chi connectivity index (χ3v) is 3.58. The number of ether oxygens (including phenoxy) is 1. The summed E-state index contributed by atoms with van der Waals surface area (Å²) in [6.07, 6.45) is 0. The topological polar surface area (TPSA) is 60.2 Å². The second kappa shape index (κ2) is 5.99. The summed E-state index contributed by atoms with van der Waals surface area (Å²) < 4.78 is 7.04. The van der Waals surface area contributed by atoms with E-state index in [1.54, 1.807) is 11.8 Å². The standard InChI is InChI=1S/C17H17N3O2/c1-12-6-3-4-9-16(12)20-17(15(11-21)18-19-20)13-7-5-8-14(10-13)22-2/h3-10,21H,11H2,1-2H3. The van der Waals surface area contributed by atoms with E-state index in [4.69, 9.17) is 4.74 Å². The molecule has 0 aliphatic carbocycles. The Bertz CT molecular complexity index is 796. The van der Waals surface area contributed by atoms with Crippen molar-refractivity contribution in [3.8, 4) is 22.7 Å². The molecule has 5 heteroatoms. The zero-order valence-electron chi connectivity index (χ0n) is 12.5. The molecular weight excluding hydrogens is 278 g/mol. The van der Waals surface area contributed by atoms with Crippen molar-refractivity contribution in [2.45, 2.75) is 13.5 Å². The average Bonchev–Trinajstić information content (AvgIpc) is 2.99. The molecule has 0 radical (unpaired) electrons. The number of hydrogen-bond donors (Lipinski definition) is 1. The number of rotatable bonds is 4. The lowest BCUT2D eigenvalue weighted by Crippen LogP contribution is -2.02. The summed E-state index contributed by atoms with van der Waals surface area (Å²) in [5.74, 6) is 0.749. The highest BCUT2D eigenvalue weighted by Crippen LogP contribution is 2.29. The van der Waals surface area contributed by atoms with Crippen molar-refractivity contribution in [2.24, 2.45) is 0 Å². The molecule has 5 nitrogen and oxygen atoms in total. The summed E-state index contributed by atoms with van der Waals surface area (Å²) in [5.41, 5.74) is 4.23. The molecule has 2 aromatic carbocycles. The van der Waals surface area contributed by atoms with E-state index in [1.165, 1.54) is 0 Å². The zero-order chi connectivity index (χ0) is 15.5. The number of aromatic nitrogens is 3. The summed E-state index contributed by atoms with van der Waals surface area (Å²) in [6.45, 7) is 1.85. The number of nitrogens with zero attached hydrogens (tertiary/aromatic N) is 3. The van der Waals surface area contributed by atoms with Crippen LogP contribution in [-0.2, 0) is 6.61 Å². The number of aliphatic hydroxyl groups excluding tert-OH is 1. The molecule has 1 aromatic heterocycles. The number of aliphatic hydroxyl groups is 1. The zero-order valence-corrected chi connectivity index (χ0v) is 12.5. The highest BCUT2D eigenvalue weighted by molar-refractivity contribution is 5.66. The Morgan fingerprint density at radius 3 is 2.68 bits per heavy atom. The van der Waals surface area contributed by atoms with E-state index in [0.29, 0.717) is 5.69 Å². The van der Waals surface area contributed by atoms with Crippen molar-refractivity contribution in [2.75, 3.05) is 7.11 Å². The lowest BCUT2D eigenvalue weighted by Gasteiger charge is -2.11. The molecule has 112 valence electrons. The first-order valence-electron chi connectivity index (χ1n) is 7.00. The van der Waals surface area contributed by atoms with Gasteiger partial charge in [0.15, 0.2) is 0 Å². The summed E-state index contributed by atoms with van der Waals surface area (Å²) in [5, 5.41) is 17.9. The van der Waals surface area contributed by atoms with Gasteiger partial charge < -0.3 is 9.84 Å². The van der Waals surface area contributed by atoms with Crippen molar-refractivity contribution in [3.05, 3.63) is 59.8 Å². The van der Waals surface area contributed by atoms with E-state index in [1.807, 2.05) is 55.5 Å². The van der Waals surface area contributed by atoms with Crippen molar-refractivity contribution in [1.82, 2.24) is 15.0 Å². The first-order valence-corrected chi connectivity index (χ1v) is 7.00. The predicted octanol–water partition coefficient (Wildman–Crippen LogP) is 2.74. The lowest BCUT2D eigenvalue weighted by atomic mass is 10.1. The molecule has 0 fully saturated rings. The van der Waals surface area contributed by atoms with Crippen LogP contribution >= 0.6 is 0 Å². The highest BCUT2D eigenvalue weighted by Gasteiger charge is 2.17. The molecule has 0 aliphatic rings. The van der Waals surface area contributed by atoms with Gasteiger partial charge in [0.25, 0.3) is 0 Å². The van der Waals surface area contributed by atoms with Crippen LogP contribution in [0.2, 0.25) is 0 Å². The van der Waals surface area contributed by atoms with Gasteiger partial charge in [0.2, 0.25) is 0 Å². The molecule has 0 bridgehead atoms. The van der Waals surface area contributed by atoms with E-state index in [-0.39, 0.29) is 6.61 Å². The maximum absolute atomic E-state index is 9.59. The molecular formula is C17H17N3O2. The number of benzene rings is 2. The van der Waals surface area contributed by atoms with Crippen LogP contribution in [0.3, 0.4) is 0 Å². The minimum Gasteiger partial charge on any atom is -0.497 e. The molecule has 1 heterocycles. The van der Waals surface area contributed by atoms with E-state index >= 15 is 0 Å². The van der Waals surface area contributed by atoms with Crippen LogP contribution in [0.5, 0.6) is 5.75 Å². The summed E-state index contributed by atoms with van der Waals surface area (Å²) >= 11 is 0. The Hall–Kier alpha value is -2.66. The Balaban J connectivity index is 2.22. The molecule has 22 heavy (non-hydrogen) atoms. The van der Waals surface area contributed by atoms with Crippen LogP contribution in [0, 0.1) is 6.92 Å². The van der Waals surface area contributed by atoms with Gasteiger partial charge in [-0.1, -0.05) is 35.5 Å². The molecule has 0 spiro atoms. The number of aryl methyl sites for hydroxylation is 1. The Morgan fingerprint density at radius 1 is 1.14 bits per heavy atom. The van der Waals surface area contributed by atoms with E-state index < -0.39 is 0 Å². The molecule has 0 atom stereocenters. The van der Waals surface area contributed by atoms with Crippen LogP contribution < -0.4 is 4.74 Å². The van der Waals surface area contributed by atoms with Gasteiger partial charge in [-0.25, -0.2) is 4.68 Å². The van der Waals surface area contributed by atoms with Gasteiger partial charge in [-0.3, -0.25) is 0 Å². The first kappa shape index (κ1) is 14.3. The Morgan fingerprint density at radius 2 is 1.95 bits per heavy atom. The SMILES string of the molecule is COc1cccc(-c2c(CO)nnn2-c2ccccc2C)c1. The molecule has 0 saturated heterocycles. The van der Waals surface area contributed by atoms with Gasteiger partial charge in [-0.05, 0) is 30.7 Å². The molecule has 0 unspecified atom stereocenters. The summed E-state index contributed by atoms with van der Waals surface area (Å²) in [6, 6.07) is 15.6. The van der Waals surface area contributed by atoms with Crippen molar-refractivity contribution >= 4 is 0 Å². The van der Waals surface area contributed by atoms with Gasteiger partial charge in [0, 0.05) is 5.56 Å². The largest absolute Gasteiger partial charge is 0.497 e. The van der Waals surface area contributed by atoms with Crippen LogP contribution in [0.25, 0.3) is 16.9 Å². The molecule has 1 N–H and O–H groups in total. The smallest absolute Gasteiger partial charge is 0.119 e. The third-order valence-electron chi connectivity index (χ3n) is 3.58. The fourth-order valence-corrected chi connectivity index (χ4v) is 2.45. The van der Waals surface area contributed by atoms with E-state index in [9.17, 15) is 5.11 Å². The lowest BCUT2D eigenvalue weighted by molar-refractivity contribution is 0.277. The highest BCUT2D eigenvalue weighted by atomic mass is 16.5. The summed E-state index contributed by atoms with van der Waals surface area (Å²) in [4.78, 5) is 0. The molecule has 0 aliphatic heterocycles. The minimum atomic E-state index is -0.168. The number of hydrogen-bond acceptors (Lipinski definition) is 4. The molecule has 0 amide bonds.